The molecule has 19 heavy (non-hydrogen) atoms. The van der Waals surface area contributed by atoms with Crippen molar-refractivity contribution in [2.45, 2.75) is 32.2 Å². The van der Waals surface area contributed by atoms with Gasteiger partial charge < -0.3 is 19.3 Å². The predicted octanol–water partition coefficient (Wildman–Crippen LogP) is 2.52. The first-order chi connectivity index (χ1) is 9.02. The van der Waals surface area contributed by atoms with Gasteiger partial charge in [0.1, 0.15) is 5.75 Å². The number of methoxy groups -OCH3 is 1. The molecule has 1 aromatic rings. The third-order valence-electron chi connectivity index (χ3n) is 3.49. The fraction of sp³-hybridized carbons (Fsp3) is 0.600. The Morgan fingerprint density at radius 3 is 2.58 bits per heavy atom. The van der Waals surface area contributed by atoms with Gasteiger partial charge in [-0.1, -0.05) is 12.1 Å². The molecule has 1 aromatic carbocycles. The summed E-state index contributed by atoms with van der Waals surface area (Å²) >= 11 is 0. The first-order valence-corrected chi connectivity index (χ1v) is 6.62. The fourth-order valence-electron chi connectivity index (χ4n) is 2.21. The fourth-order valence-corrected chi connectivity index (χ4v) is 2.21. The molecular formula is C15H22O4. The highest BCUT2D eigenvalue weighted by atomic mass is 16.7. The Morgan fingerprint density at radius 2 is 1.95 bits per heavy atom. The quantitative estimate of drug-likeness (QED) is 0.913. The van der Waals surface area contributed by atoms with E-state index in [9.17, 15) is 5.11 Å². The zero-order valence-electron chi connectivity index (χ0n) is 11.8. The molecule has 4 nitrogen and oxygen atoms in total. The van der Waals surface area contributed by atoms with Crippen molar-refractivity contribution in [2.75, 3.05) is 20.3 Å². The van der Waals surface area contributed by atoms with Gasteiger partial charge in [0.05, 0.1) is 26.4 Å². The third-order valence-corrected chi connectivity index (χ3v) is 3.49. The van der Waals surface area contributed by atoms with E-state index in [0.717, 1.165) is 17.7 Å². The van der Waals surface area contributed by atoms with Crippen LogP contribution in [0.15, 0.2) is 24.3 Å². The number of aliphatic hydroxyl groups excluding tert-OH is 1. The number of benzene rings is 1. The van der Waals surface area contributed by atoms with E-state index in [4.69, 9.17) is 14.2 Å². The molecule has 0 saturated carbocycles. The van der Waals surface area contributed by atoms with E-state index in [1.807, 2.05) is 38.1 Å². The summed E-state index contributed by atoms with van der Waals surface area (Å²) in [6, 6.07) is 7.49. The summed E-state index contributed by atoms with van der Waals surface area (Å²) in [7, 11) is 1.63. The summed E-state index contributed by atoms with van der Waals surface area (Å²) in [5.74, 6) is 0.279. The lowest BCUT2D eigenvalue weighted by molar-refractivity contribution is -0.203. The molecule has 0 aromatic heterocycles. The van der Waals surface area contributed by atoms with Gasteiger partial charge in [-0.2, -0.15) is 0 Å². The van der Waals surface area contributed by atoms with Gasteiger partial charge in [0, 0.05) is 5.92 Å². The van der Waals surface area contributed by atoms with Crippen LogP contribution in [0.4, 0.5) is 0 Å². The number of rotatable bonds is 3. The molecule has 1 N–H and O–H groups in total. The topological polar surface area (TPSA) is 47.9 Å². The van der Waals surface area contributed by atoms with Crippen LogP contribution in [0.5, 0.6) is 5.75 Å². The van der Waals surface area contributed by atoms with Gasteiger partial charge >= 0.3 is 0 Å². The molecule has 4 heteroatoms. The average molecular weight is 266 g/mol. The summed E-state index contributed by atoms with van der Waals surface area (Å²) in [6.07, 6.45) is 0.250. The van der Waals surface area contributed by atoms with Crippen LogP contribution in [-0.4, -0.2) is 31.2 Å². The van der Waals surface area contributed by atoms with Crippen LogP contribution >= 0.6 is 0 Å². The molecule has 0 amide bonds. The van der Waals surface area contributed by atoms with Crippen LogP contribution in [0, 0.1) is 5.92 Å². The van der Waals surface area contributed by atoms with Crippen molar-refractivity contribution in [1.29, 1.82) is 0 Å². The van der Waals surface area contributed by atoms with Crippen LogP contribution in [0.3, 0.4) is 0 Å². The van der Waals surface area contributed by atoms with E-state index < -0.39 is 11.9 Å². The molecule has 1 aliphatic rings. The maximum absolute atomic E-state index is 10.4. The van der Waals surface area contributed by atoms with E-state index in [1.54, 1.807) is 7.11 Å². The molecule has 1 aliphatic heterocycles. The number of hydrogen-bond acceptors (Lipinski definition) is 4. The van der Waals surface area contributed by atoms with Gasteiger partial charge in [-0.3, -0.25) is 0 Å². The van der Waals surface area contributed by atoms with Crippen molar-refractivity contribution in [2.24, 2.45) is 5.92 Å². The van der Waals surface area contributed by atoms with Crippen molar-refractivity contribution in [3.05, 3.63) is 29.8 Å². The zero-order valence-corrected chi connectivity index (χ0v) is 11.8. The van der Waals surface area contributed by atoms with Crippen LogP contribution in [0.25, 0.3) is 0 Å². The minimum atomic E-state index is -0.561. The molecule has 0 bridgehead atoms. The van der Waals surface area contributed by atoms with Gasteiger partial charge in [-0.05, 0) is 38.0 Å². The second kappa shape index (κ2) is 5.90. The SMILES string of the molecule is COc1ccc([C@@H](O)C2CCOC(C)(C)OC2)cc1. The summed E-state index contributed by atoms with van der Waals surface area (Å²) in [4.78, 5) is 0. The molecule has 2 rings (SSSR count). The minimum absolute atomic E-state index is 0.0511. The number of ether oxygens (including phenoxy) is 3. The molecule has 1 heterocycles. The highest BCUT2D eigenvalue weighted by molar-refractivity contribution is 5.28. The monoisotopic (exact) mass is 266 g/mol. The Labute approximate surface area is 114 Å². The van der Waals surface area contributed by atoms with Gasteiger partial charge in [-0.15, -0.1) is 0 Å². The Morgan fingerprint density at radius 1 is 1.26 bits per heavy atom. The minimum Gasteiger partial charge on any atom is -0.497 e. The van der Waals surface area contributed by atoms with Gasteiger partial charge in [0.15, 0.2) is 5.79 Å². The van der Waals surface area contributed by atoms with Crippen molar-refractivity contribution in [1.82, 2.24) is 0 Å². The predicted molar refractivity (Wildman–Crippen MR) is 72.0 cm³/mol. The molecule has 0 aliphatic carbocycles. The van der Waals surface area contributed by atoms with Crippen LogP contribution in [0.1, 0.15) is 31.9 Å². The van der Waals surface area contributed by atoms with Crippen molar-refractivity contribution in [3.63, 3.8) is 0 Å². The largest absolute Gasteiger partial charge is 0.497 e. The lowest BCUT2D eigenvalue weighted by atomic mass is 9.94. The van der Waals surface area contributed by atoms with Crippen molar-refractivity contribution >= 4 is 0 Å². The second-order valence-corrected chi connectivity index (χ2v) is 5.33. The van der Waals surface area contributed by atoms with E-state index in [-0.39, 0.29) is 5.92 Å². The van der Waals surface area contributed by atoms with Crippen LogP contribution in [0.2, 0.25) is 0 Å². The maximum atomic E-state index is 10.4. The second-order valence-electron chi connectivity index (χ2n) is 5.33. The van der Waals surface area contributed by atoms with Gasteiger partial charge in [0.2, 0.25) is 0 Å². The summed E-state index contributed by atoms with van der Waals surface area (Å²) in [5.41, 5.74) is 0.883. The lowest BCUT2D eigenvalue weighted by Crippen LogP contribution is -2.28. The first kappa shape index (κ1) is 14.3. The summed E-state index contributed by atoms with van der Waals surface area (Å²) in [5, 5.41) is 10.4. The highest BCUT2D eigenvalue weighted by Crippen LogP contribution is 2.30. The average Bonchev–Trinajstić information content (AvgIpc) is 2.59. The van der Waals surface area contributed by atoms with Gasteiger partial charge in [-0.25, -0.2) is 0 Å². The van der Waals surface area contributed by atoms with Crippen molar-refractivity contribution < 1.29 is 19.3 Å². The zero-order chi connectivity index (χ0) is 13.9. The van der Waals surface area contributed by atoms with E-state index in [2.05, 4.69) is 0 Å². The van der Waals surface area contributed by atoms with E-state index in [0.29, 0.717) is 13.2 Å². The smallest absolute Gasteiger partial charge is 0.162 e. The van der Waals surface area contributed by atoms with E-state index >= 15 is 0 Å². The highest BCUT2D eigenvalue weighted by Gasteiger charge is 2.29. The van der Waals surface area contributed by atoms with Crippen LogP contribution in [-0.2, 0) is 9.47 Å². The Hall–Kier alpha value is -1.10. The molecule has 2 atom stereocenters. The Balaban J connectivity index is 2.03. The standard InChI is InChI=1S/C15H22O4/c1-15(2)18-9-8-12(10-19-15)14(16)11-4-6-13(17-3)7-5-11/h4-7,12,14,16H,8-10H2,1-3H3/t12?,14-/m1/s1. The number of aliphatic hydroxyl groups is 1. The van der Waals surface area contributed by atoms with Crippen LogP contribution < -0.4 is 4.74 Å². The molecule has 1 saturated heterocycles. The number of hydrogen-bond donors (Lipinski definition) is 1. The Kier molecular flexibility index (Phi) is 4.45. The van der Waals surface area contributed by atoms with Gasteiger partial charge in [0.25, 0.3) is 0 Å². The third kappa shape index (κ3) is 3.69. The summed E-state index contributed by atoms with van der Waals surface area (Å²) < 4.78 is 16.4. The molecular weight excluding hydrogens is 244 g/mol. The maximum Gasteiger partial charge on any atom is 0.162 e. The lowest BCUT2D eigenvalue weighted by Gasteiger charge is -2.24. The summed E-state index contributed by atoms with van der Waals surface area (Å²) in [6.45, 7) is 4.90. The Bertz CT molecular complexity index is 399. The molecule has 106 valence electrons. The molecule has 0 spiro atoms. The molecule has 1 fully saturated rings. The van der Waals surface area contributed by atoms with Crippen molar-refractivity contribution in [3.8, 4) is 5.75 Å². The van der Waals surface area contributed by atoms with E-state index in [1.165, 1.54) is 0 Å². The normalized spacial score (nSPS) is 24.5. The molecule has 0 radical (unpaired) electrons. The first-order valence-electron chi connectivity index (χ1n) is 6.62. The molecule has 1 unspecified atom stereocenters.